The maximum absolute atomic E-state index is 12.9. The SMILES string of the molecule is CCCC1=NOC(C(=O)N2C(=O)OC(C)(C)[C@@H]2Cc2ccccc2)C1. The number of rotatable bonds is 5. The molecule has 1 aromatic carbocycles. The molecule has 2 amide bonds. The summed E-state index contributed by atoms with van der Waals surface area (Å²) in [6.07, 6.45) is 1.38. The van der Waals surface area contributed by atoms with Crippen LogP contribution in [0.3, 0.4) is 0 Å². The molecule has 134 valence electrons. The van der Waals surface area contributed by atoms with Crippen LogP contribution in [0.15, 0.2) is 35.5 Å². The summed E-state index contributed by atoms with van der Waals surface area (Å²) in [5.74, 6) is -0.369. The first-order valence-electron chi connectivity index (χ1n) is 8.74. The number of imide groups is 1. The maximum atomic E-state index is 12.9. The van der Waals surface area contributed by atoms with Gasteiger partial charge < -0.3 is 9.57 Å². The van der Waals surface area contributed by atoms with Crippen LogP contribution in [-0.4, -0.2) is 40.4 Å². The van der Waals surface area contributed by atoms with Crippen LogP contribution in [0.1, 0.15) is 45.6 Å². The summed E-state index contributed by atoms with van der Waals surface area (Å²) in [5.41, 5.74) is 1.16. The van der Waals surface area contributed by atoms with Crippen LogP contribution in [-0.2, 0) is 20.8 Å². The van der Waals surface area contributed by atoms with Crippen molar-refractivity contribution >= 4 is 17.7 Å². The fourth-order valence-corrected chi connectivity index (χ4v) is 3.35. The smallest absolute Gasteiger partial charge is 0.417 e. The number of carbonyl (C=O) groups excluding carboxylic acids is 2. The monoisotopic (exact) mass is 344 g/mol. The van der Waals surface area contributed by atoms with Gasteiger partial charge in [0.05, 0.1) is 11.8 Å². The molecule has 0 bridgehead atoms. The van der Waals surface area contributed by atoms with Crippen LogP contribution >= 0.6 is 0 Å². The van der Waals surface area contributed by atoms with Gasteiger partial charge in [-0.2, -0.15) is 0 Å². The number of hydrogen-bond donors (Lipinski definition) is 0. The number of nitrogens with zero attached hydrogens (tertiary/aromatic N) is 2. The minimum absolute atomic E-state index is 0.369. The van der Waals surface area contributed by atoms with Crippen LogP contribution < -0.4 is 0 Å². The number of ether oxygens (including phenoxy) is 1. The fraction of sp³-hybridized carbons (Fsp3) is 0.526. The molecule has 1 fully saturated rings. The van der Waals surface area contributed by atoms with Gasteiger partial charge in [0, 0.05) is 6.42 Å². The molecular formula is C19H24N2O4. The van der Waals surface area contributed by atoms with Gasteiger partial charge in [-0.1, -0.05) is 48.8 Å². The molecule has 2 aliphatic heterocycles. The van der Waals surface area contributed by atoms with Gasteiger partial charge in [0.25, 0.3) is 5.91 Å². The maximum Gasteiger partial charge on any atom is 0.417 e. The molecule has 0 aromatic heterocycles. The van der Waals surface area contributed by atoms with Gasteiger partial charge in [-0.05, 0) is 32.3 Å². The number of oxime groups is 1. The summed E-state index contributed by atoms with van der Waals surface area (Å²) in [5, 5.41) is 3.99. The molecule has 6 nitrogen and oxygen atoms in total. The van der Waals surface area contributed by atoms with Crippen molar-refractivity contribution in [2.75, 3.05) is 0 Å². The Kier molecular flexibility index (Phi) is 4.79. The molecule has 1 saturated heterocycles. The first kappa shape index (κ1) is 17.5. The molecule has 0 aliphatic carbocycles. The van der Waals surface area contributed by atoms with Gasteiger partial charge in [0.2, 0.25) is 6.10 Å². The zero-order chi connectivity index (χ0) is 18.0. The highest BCUT2D eigenvalue weighted by Crippen LogP contribution is 2.33. The highest BCUT2D eigenvalue weighted by molar-refractivity contribution is 6.00. The van der Waals surface area contributed by atoms with Crippen molar-refractivity contribution in [1.82, 2.24) is 4.90 Å². The van der Waals surface area contributed by atoms with E-state index < -0.39 is 17.8 Å². The third-order valence-electron chi connectivity index (χ3n) is 4.71. The summed E-state index contributed by atoms with van der Waals surface area (Å²) in [4.78, 5) is 31.8. The number of benzene rings is 1. The lowest BCUT2D eigenvalue weighted by Gasteiger charge is -2.28. The molecule has 2 atom stereocenters. The second kappa shape index (κ2) is 6.86. The molecule has 2 heterocycles. The molecule has 0 N–H and O–H groups in total. The van der Waals surface area contributed by atoms with Gasteiger partial charge >= 0.3 is 6.09 Å². The van der Waals surface area contributed by atoms with Gasteiger partial charge in [0.1, 0.15) is 5.60 Å². The van der Waals surface area contributed by atoms with Crippen LogP contribution in [0.4, 0.5) is 4.79 Å². The third-order valence-corrected chi connectivity index (χ3v) is 4.71. The zero-order valence-corrected chi connectivity index (χ0v) is 14.9. The third kappa shape index (κ3) is 3.52. The lowest BCUT2D eigenvalue weighted by atomic mass is 9.91. The average molecular weight is 344 g/mol. The Hall–Kier alpha value is -2.37. The summed E-state index contributed by atoms with van der Waals surface area (Å²) in [7, 11) is 0. The normalized spacial score (nSPS) is 24.7. The Labute approximate surface area is 147 Å². The van der Waals surface area contributed by atoms with Crippen molar-refractivity contribution in [3.8, 4) is 0 Å². The first-order chi connectivity index (χ1) is 11.9. The number of hydrogen-bond acceptors (Lipinski definition) is 5. The summed E-state index contributed by atoms with van der Waals surface area (Å²) >= 11 is 0. The molecule has 2 aliphatic rings. The Morgan fingerprint density at radius 2 is 2.04 bits per heavy atom. The molecular weight excluding hydrogens is 320 g/mol. The van der Waals surface area contributed by atoms with Crippen molar-refractivity contribution in [3.63, 3.8) is 0 Å². The van der Waals surface area contributed by atoms with Crippen LogP contribution in [0, 0.1) is 0 Å². The Balaban J connectivity index is 1.78. The minimum atomic E-state index is -0.756. The predicted octanol–water partition coefficient (Wildman–Crippen LogP) is 3.30. The van der Waals surface area contributed by atoms with E-state index >= 15 is 0 Å². The second-order valence-electron chi connectivity index (χ2n) is 7.09. The van der Waals surface area contributed by atoms with Crippen molar-refractivity contribution < 1.29 is 19.2 Å². The standard InChI is InChI=1S/C19H24N2O4/c1-4-8-14-12-15(25-20-14)17(22)21-16(19(2,3)24-18(21)23)11-13-9-6-5-7-10-13/h5-7,9-10,15-16H,4,8,11-12H2,1-3H3/t15?,16-/m0/s1. The molecule has 6 heteroatoms. The molecule has 3 rings (SSSR count). The van der Waals surface area contributed by atoms with E-state index in [1.165, 1.54) is 4.90 Å². The van der Waals surface area contributed by atoms with Crippen LogP contribution in [0.2, 0.25) is 0 Å². The summed E-state index contributed by atoms with van der Waals surface area (Å²) < 4.78 is 5.47. The summed E-state index contributed by atoms with van der Waals surface area (Å²) in [6, 6.07) is 9.40. The predicted molar refractivity (Wildman–Crippen MR) is 93.2 cm³/mol. The van der Waals surface area contributed by atoms with E-state index in [2.05, 4.69) is 5.16 Å². The Bertz CT molecular complexity index is 684. The number of carbonyl (C=O) groups is 2. The lowest BCUT2D eigenvalue weighted by Crippen LogP contribution is -2.49. The highest BCUT2D eigenvalue weighted by Gasteiger charge is 2.52. The van der Waals surface area contributed by atoms with E-state index in [1.54, 1.807) is 0 Å². The van der Waals surface area contributed by atoms with Gasteiger partial charge in [-0.15, -0.1) is 0 Å². The first-order valence-corrected chi connectivity index (χ1v) is 8.74. The minimum Gasteiger partial charge on any atom is -0.441 e. The van der Waals surface area contributed by atoms with E-state index in [4.69, 9.17) is 9.57 Å². The Morgan fingerprint density at radius 3 is 2.72 bits per heavy atom. The molecule has 1 unspecified atom stereocenters. The Morgan fingerprint density at radius 1 is 1.32 bits per heavy atom. The van der Waals surface area contributed by atoms with Crippen molar-refractivity contribution in [3.05, 3.63) is 35.9 Å². The molecule has 0 radical (unpaired) electrons. The van der Waals surface area contributed by atoms with E-state index in [-0.39, 0.29) is 11.9 Å². The van der Waals surface area contributed by atoms with Crippen LogP contribution in [0.25, 0.3) is 0 Å². The van der Waals surface area contributed by atoms with Crippen LogP contribution in [0.5, 0.6) is 0 Å². The van der Waals surface area contributed by atoms with E-state index in [0.717, 1.165) is 24.1 Å². The zero-order valence-electron chi connectivity index (χ0n) is 14.9. The van der Waals surface area contributed by atoms with Crippen molar-refractivity contribution in [1.29, 1.82) is 0 Å². The average Bonchev–Trinajstić information content (AvgIpc) is 3.11. The second-order valence-corrected chi connectivity index (χ2v) is 7.09. The molecule has 0 spiro atoms. The quantitative estimate of drug-likeness (QED) is 0.822. The van der Waals surface area contributed by atoms with Gasteiger partial charge in [-0.25, -0.2) is 9.69 Å². The van der Waals surface area contributed by atoms with Gasteiger partial charge in [-0.3, -0.25) is 4.79 Å². The largest absolute Gasteiger partial charge is 0.441 e. The number of amides is 2. The van der Waals surface area contributed by atoms with Crippen molar-refractivity contribution in [2.45, 2.75) is 64.2 Å². The van der Waals surface area contributed by atoms with E-state index in [0.29, 0.717) is 12.8 Å². The lowest BCUT2D eigenvalue weighted by molar-refractivity contribution is -0.140. The van der Waals surface area contributed by atoms with E-state index in [9.17, 15) is 9.59 Å². The topological polar surface area (TPSA) is 68.2 Å². The van der Waals surface area contributed by atoms with Crippen molar-refractivity contribution in [2.24, 2.45) is 5.16 Å². The van der Waals surface area contributed by atoms with E-state index in [1.807, 2.05) is 51.1 Å². The molecule has 1 aromatic rings. The summed E-state index contributed by atoms with van der Waals surface area (Å²) in [6.45, 7) is 5.72. The molecule has 0 saturated carbocycles. The molecule has 25 heavy (non-hydrogen) atoms. The fourth-order valence-electron chi connectivity index (χ4n) is 3.35. The highest BCUT2D eigenvalue weighted by atomic mass is 16.6. The van der Waals surface area contributed by atoms with Gasteiger partial charge in [0.15, 0.2) is 0 Å². The number of cyclic esters (lactones) is 1.